The first-order valence-corrected chi connectivity index (χ1v) is 11.3. The lowest BCUT2D eigenvalue weighted by atomic mass is 9.85. The van der Waals surface area contributed by atoms with E-state index in [0.29, 0.717) is 18.5 Å². The summed E-state index contributed by atoms with van der Waals surface area (Å²) in [6.07, 6.45) is -0.0503. The minimum Gasteiger partial charge on any atom is -0.405 e. The molecule has 192 valence electrons. The van der Waals surface area contributed by atoms with Gasteiger partial charge < -0.3 is 25.8 Å². The molecule has 1 heterocycles. The number of aliphatic hydroxyl groups is 1. The molecule has 3 rings (SSSR count). The smallest absolute Gasteiger partial charge is 0.405 e. The molecule has 0 unspecified atom stereocenters. The van der Waals surface area contributed by atoms with Gasteiger partial charge in [-0.1, -0.05) is 18.2 Å². The van der Waals surface area contributed by atoms with Gasteiger partial charge in [-0.15, -0.1) is 13.2 Å². The lowest BCUT2D eigenvalue weighted by Crippen LogP contribution is -2.41. The molecule has 0 amide bonds. The summed E-state index contributed by atoms with van der Waals surface area (Å²) in [5.41, 5.74) is -0.0642. The van der Waals surface area contributed by atoms with Crippen LogP contribution in [0.4, 0.5) is 30.6 Å². The summed E-state index contributed by atoms with van der Waals surface area (Å²) in [5.74, 6) is 0.0216. The van der Waals surface area contributed by atoms with Crippen LogP contribution in [-0.2, 0) is 6.54 Å². The first-order chi connectivity index (χ1) is 16.6. The molecular weight excluding hydrogens is 469 g/mol. The topological polar surface area (TPSA) is 134 Å². The Morgan fingerprint density at radius 3 is 2.60 bits per heavy atom. The van der Waals surface area contributed by atoms with E-state index in [4.69, 9.17) is 0 Å². The van der Waals surface area contributed by atoms with Crippen LogP contribution < -0.4 is 20.7 Å². The van der Waals surface area contributed by atoms with E-state index in [-0.39, 0.29) is 48.0 Å². The van der Waals surface area contributed by atoms with Gasteiger partial charge in [0, 0.05) is 30.7 Å². The largest absolute Gasteiger partial charge is 0.573 e. The van der Waals surface area contributed by atoms with Crippen molar-refractivity contribution >= 4 is 17.5 Å². The molecule has 1 aromatic heterocycles. The van der Waals surface area contributed by atoms with Gasteiger partial charge >= 0.3 is 12.0 Å². The van der Waals surface area contributed by atoms with E-state index in [1.54, 1.807) is 6.07 Å². The number of aliphatic hydroxyl groups excluding tert-OH is 1. The molecule has 1 aromatic carbocycles. The molecule has 2 aromatic rings. The zero-order valence-electron chi connectivity index (χ0n) is 19.2. The van der Waals surface area contributed by atoms with E-state index in [0.717, 1.165) is 31.9 Å². The molecule has 13 heteroatoms. The summed E-state index contributed by atoms with van der Waals surface area (Å²) in [7, 11) is 0. The number of nitro groups is 1. The molecule has 1 aliphatic rings. The molecule has 4 N–H and O–H groups in total. The number of nitrogens with zero attached hydrogens (tertiary/aromatic N) is 3. The van der Waals surface area contributed by atoms with Gasteiger partial charge in [-0.05, 0) is 44.6 Å². The summed E-state index contributed by atoms with van der Waals surface area (Å²) in [4.78, 5) is 19.0. The minimum atomic E-state index is -4.83. The van der Waals surface area contributed by atoms with E-state index < -0.39 is 11.3 Å². The van der Waals surface area contributed by atoms with Crippen molar-refractivity contribution in [2.45, 2.75) is 57.6 Å². The Kier molecular flexibility index (Phi) is 9.04. The Labute approximate surface area is 200 Å². The second-order valence-electron chi connectivity index (χ2n) is 8.54. The zero-order chi connectivity index (χ0) is 25.4. The second-order valence-corrected chi connectivity index (χ2v) is 8.54. The molecule has 35 heavy (non-hydrogen) atoms. The number of benzene rings is 1. The number of hydrogen-bond acceptors (Lipinski definition) is 9. The predicted molar refractivity (Wildman–Crippen MR) is 123 cm³/mol. The Bertz CT molecular complexity index is 986. The third-order valence-corrected chi connectivity index (χ3v) is 5.80. The number of nitrogens with one attached hydrogen (secondary N) is 3. The van der Waals surface area contributed by atoms with E-state index in [1.807, 2.05) is 6.92 Å². The fourth-order valence-electron chi connectivity index (χ4n) is 4.00. The van der Waals surface area contributed by atoms with Crippen molar-refractivity contribution in [3.05, 3.63) is 46.1 Å². The van der Waals surface area contributed by atoms with Gasteiger partial charge in [-0.3, -0.25) is 10.1 Å². The zero-order valence-corrected chi connectivity index (χ0v) is 19.2. The maximum absolute atomic E-state index is 12.6. The molecule has 0 bridgehead atoms. The Morgan fingerprint density at radius 2 is 1.94 bits per heavy atom. The maximum Gasteiger partial charge on any atom is 0.573 e. The van der Waals surface area contributed by atoms with Crippen LogP contribution in [0.2, 0.25) is 0 Å². The van der Waals surface area contributed by atoms with Crippen LogP contribution in [0.15, 0.2) is 30.5 Å². The van der Waals surface area contributed by atoms with E-state index >= 15 is 0 Å². The molecule has 0 aliphatic heterocycles. The Balaban J connectivity index is 1.61. The molecule has 0 radical (unpaired) electrons. The summed E-state index contributed by atoms with van der Waals surface area (Å²) in [6.45, 7) is 2.42. The third-order valence-electron chi connectivity index (χ3n) is 5.80. The van der Waals surface area contributed by atoms with Crippen LogP contribution in [0, 0.1) is 16.0 Å². The average Bonchev–Trinajstić information content (AvgIpc) is 2.82. The highest BCUT2D eigenvalue weighted by Gasteiger charge is 2.32. The van der Waals surface area contributed by atoms with Crippen LogP contribution >= 0.6 is 0 Å². The van der Waals surface area contributed by atoms with E-state index in [1.165, 1.54) is 18.2 Å². The first kappa shape index (κ1) is 26.4. The predicted octanol–water partition coefficient (Wildman–Crippen LogP) is 3.84. The fraction of sp³-hybridized carbons (Fsp3) is 0.545. The molecule has 1 fully saturated rings. The highest BCUT2D eigenvalue weighted by molar-refractivity contribution is 5.57. The van der Waals surface area contributed by atoms with Crippen LogP contribution in [0.1, 0.15) is 38.2 Å². The van der Waals surface area contributed by atoms with Crippen molar-refractivity contribution in [2.75, 3.05) is 23.8 Å². The van der Waals surface area contributed by atoms with Crippen molar-refractivity contribution in [1.29, 1.82) is 0 Å². The number of halogens is 3. The lowest BCUT2D eigenvalue weighted by Gasteiger charge is -2.31. The van der Waals surface area contributed by atoms with Gasteiger partial charge in [-0.25, -0.2) is 4.98 Å². The van der Waals surface area contributed by atoms with Crippen LogP contribution in [0.3, 0.4) is 0 Å². The highest BCUT2D eigenvalue weighted by atomic mass is 19.4. The van der Waals surface area contributed by atoms with Crippen molar-refractivity contribution in [2.24, 2.45) is 5.92 Å². The molecule has 1 atom stereocenters. The van der Waals surface area contributed by atoms with Crippen LogP contribution in [-0.4, -0.2) is 51.6 Å². The molecule has 10 nitrogen and oxygen atoms in total. The van der Waals surface area contributed by atoms with Crippen molar-refractivity contribution in [3.63, 3.8) is 0 Å². The highest BCUT2D eigenvalue weighted by Crippen LogP contribution is 2.29. The number of para-hydroxylation sites is 1. The van der Waals surface area contributed by atoms with Crippen molar-refractivity contribution in [1.82, 2.24) is 15.3 Å². The molecule has 1 saturated carbocycles. The monoisotopic (exact) mass is 498 g/mol. The van der Waals surface area contributed by atoms with Crippen LogP contribution in [0.5, 0.6) is 5.75 Å². The van der Waals surface area contributed by atoms with Gasteiger partial charge in [0.15, 0.2) is 0 Å². The standard InChI is InChI=1S/C22H29F3N6O4/c1-14(13-32)29-17-8-6-15(7-9-17)10-26-20-18(31(33)34)12-28-21(30-20)27-11-16-4-2-3-5-19(16)35-22(23,24)25/h2-5,12,14-15,17,29,32H,6-11,13H2,1H3,(H2,26,27,28,30)/t14-,15-,17-/m0/s1. The first-order valence-electron chi connectivity index (χ1n) is 11.3. The van der Waals surface area contributed by atoms with Crippen molar-refractivity contribution in [3.8, 4) is 5.75 Å². The minimum absolute atomic E-state index is 0.0332. The number of alkyl halides is 3. The normalized spacial score (nSPS) is 19.1. The summed E-state index contributed by atoms with van der Waals surface area (Å²) in [6, 6.07) is 6.02. The summed E-state index contributed by atoms with van der Waals surface area (Å²) in [5, 5.41) is 29.8. The van der Waals surface area contributed by atoms with Gasteiger partial charge in [0.1, 0.15) is 11.9 Å². The fourth-order valence-corrected chi connectivity index (χ4v) is 4.00. The Hall–Kier alpha value is -3.19. The number of rotatable bonds is 11. The van der Waals surface area contributed by atoms with Gasteiger partial charge in [0.25, 0.3) is 0 Å². The number of ether oxygens (including phenoxy) is 1. The Morgan fingerprint density at radius 1 is 1.23 bits per heavy atom. The summed E-state index contributed by atoms with van der Waals surface area (Å²) < 4.78 is 41.9. The number of hydrogen-bond donors (Lipinski definition) is 4. The molecular formula is C22H29F3N6O4. The van der Waals surface area contributed by atoms with Gasteiger partial charge in [-0.2, -0.15) is 4.98 Å². The van der Waals surface area contributed by atoms with Gasteiger partial charge in [0.05, 0.1) is 11.5 Å². The molecule has 0 spiro atoms. The maximum atomic E-state index is 12.6. The van der Waals surface area contributed by atoms with Crippen LogP contribution in [0.25, 0.3) is 0 Å². The second kappa shape index (κ2) is 12.0. The van der Waals surface area contributed by atoms with E-state index in [9.17, 15) is 28.4 Å². The average molecular weight is 499 g/mol. The van der Waals surface area contributed by atoms with Gasteiger partial charge in [0.2, 0.25) is 11.8 Å². The molecule has 0 saturated heterocycles. The van der Waals surface area contributed by atoms with E-state index in [2.05, 4.69) is 30.7 Å². The third kappa shape index (κ3) is 8.21. The SMILES string of the molecule is C[C@@H](CO)N[C@H]1CC[C@H](CNc2nc(NCc3ccccc3OC(F)(F)F)ncc2[N+](=O)[O-])CC1. The number of anilines is 2. The summed E-state index contributed by atoms with van der Waals surface area (Å²) >= 11 is 0. The van der Waals surface area contributed by atoms with Crippen molar-refractivity contribution < 1.29 is 27.9 Å². The quantitative estimate of drug-likeness (QED) is 0.269. The number of aromatic nitrogens is 2. The molecule has 1 aliphatic carbocycles. The lowest BCUT2D eigenvalue weighted by molar-refractivity contribution is -0.384.